The third-order valence-electron chi connectivity index (χ3n) is 1.97. The highest BCUT2D eigenvalue weighted by atomic mass is 16.4. The van der Waals surface area contributed by atoms with E-state index >= 15 is 0 Å². The van der Waals surface area contributed by atoms with Gasteiger partial charge in [-0.15, -0.1) is 0 Å². The molecule has 2 heterocycles. The van der Waals surface area contributed by atoms with Gasteiger partial charge in [-0.05, 0) is 18.6 Å². The summed E-state index contributed by atoms with van der Waals surface area (Å²) in [6, 6.07) is 1.73. The Balaban J connectivity index is 2.46. The number of aromatic carboxylic acids is 1. The van der Waals surface area contributed by atoms with E-state index in [0.29, 0.717) is 5.89 Å². The van der Waals surface area contributed by atoms with Crippen molar-refractivity contribution < 1.29 is 14.3 Å². The lowest BCUT2D eigenvalue weighted by atomic mass is 10.1. The molecule has 0 aromatic carbocycles. The zero-order valence-electron chi connectivity index (χ0n) is 7.97. The summed E-state index contributed by atoms with van der Waals surface area (Å²) < 4.78 is 5.07. The lowest BCUT2D eigenvalue weighted by Crippen LogP contribution is -1.95. The first-order chi connectivity index (χ1) is 7.18. The van der Waals surface area contributed by atoms with Crippen molar-refractivity contribution in [1.82, 2.24) is 9.97 Å². The summed E-state index contributed by atoms with van der Waals surface area (Å²) in [5.41, 5.74) is 1.54. The van der Waals surface area contributed by atoms with Gasteiger partial charge >= 0.3 is 5.97 Å². The van der Waals surface area contributed by atoms with E-state index in [1.165, 1.54) is 0 Å². The maximum Gasteiger partial charge on any atom is 0.357 e. The van der Waals surface area contributed by atoms with Gasteiger partial charge in [-0.25, -0.2) is 9.78 Å². The molecule has 0 aliphatic heterocycles. The highest BCUT2D eigenvalue weighted by Gasteiger charge is 2.12. The van der Waals surface area contributed by atoms with E-state index in [4.69, 9.17) is 9.52 Å². The van der Waals surface area contributed by atoms with Gasteiger partial charge in [0, 0.05) is 18.0 Å². The summed E-state index contributed by atoms with van der Waals surface area (Å²) in [4.78, 5) is 18.4. The van der Waals surface area contributed by atoms with Crippen LogP contribution < -0.4 is 0 Å². The topological polar surface area (TPSA) is 76.2 Å². The first kappa shape index (κ1) is 9.39. The smallest absolute Gasteiger partial charge is 0.357 e. The van der Waals surface area contributed by atoms with Crippen LogP contribution in [0.4, 0.5) is 0 Å². The largest absolute Gasteiger partial charge is 0.476 e. The number of nitrogens with zero attached hydrogens (tertiary/aromatic N) is 2. The predicted molar refractivity (Wildman–Crippen MR) is 51.4 cm³/mol. The van der Waals surface area contributed by atoms with Crippen LogP contribution in [0.1, 0.15) is 16.1 Å². The average Bonchev–Trinajstić information content (AvgIpc) is 2.67. The second-order valence-electron chi connectivity index (χ2n) is 3.03. The van der Waals surface area contributed by atoms with Crippen LogP contribution in [0.5, 0.6) is 0 Å². The fraction of sp³-hybridized carbons (Fsp3) is 0.100. The number of rotatable bonds is 2. The summed E-state index contributed by atoms with van der Waals surface area (Å²) in [7, 11) is 0. The molecule has 0 spiro atoms. The van der Waals surface area contributed by atoms with Crippen molar-refractivity contribution in [3.8, 4) is 11.5 Å². The van der Waals surface area contributed by atoms with Gasteiger partial charge in [0.05, 0.1) is 0 Å². The van der Waals surface area contributed by atoms with Gasteiger partial charge in [0.2, 0.25) is 5.89 Å². The molecule has 2 rings (SSSR count). The Morgan fingerprint density at radius 2 is 2.33 bits per heavy atom. The molecule has 0 bridgehead atoms. The van der Waals surface area contributed by atoms with E-state index in [-0.39, 0.29) is 5.69 Å². The van der Waals surface area contributed by atoms with Gasteiger partial charge in [0.1, 0.15) is 6.26 Å². The fourth-order valence-corrected chi connectivity index (χ4v) is 1.21. The minimum absolute atomic E-state index is 0.0961. The average molecular weight is 204 g/mol. The van der Waals surface area contributed by atoms with Crippen LogP contribution in [0.25, 0.3) is 11.5 Å². The highest BCUT2D eigenvalue weighted by Crippen LogP contribution is 2.21. The summed E-state index contributed by atoms with van der Waals surface area (Å²) in [6.45, 7) is 1.85. The van der Waals surface area contributed by atoms with E-state index in [9.17, 15) is 4.79 Å². The monoisotopic (exact) mass is 204 g/mol. The predicted octanol–water partition coefficient (Wildman–Crippen LogP) is 1.74. The van der Waals surface area contributed by atoms with Gasteiger partial charge in [0.15, 0.2) is 5.69 Å². The minimum Gasteiger partial charge on any atom is -0.476 e. The van der Waals surface area contributed by atoms with E-state index < -0.39 is 5.97 Å². The molecule has 0 saturated carbocycles. The molecule has 0 fully saturated rings. The lowest BCUT2D eigenvalue weighted by molar-refractivity contribution is 0.0690. The number of carboxylic acids is 1. The molecule has 0 amide bonds. The van der Waals surface area contributed by atoms with Gasteiger partial charge < -0.3 is 9.52 Å². The van der Waals surface area contributed by atoms with E-state index in [0.717, 1.165) is 17.4 Å². The third kappa shape index (κ3) is 1.71. The standard InChI is InChI=1S/C10H8N2O3/c1-6-4-11-3-2-7(6)9-12-8(5-15-9)10(13)14/h2-5H,1H3,(H,13,14). The van der Waals surface area contributed by atoms with E-state index in [2.05, 4.69) is 9.97 Å². The zero-order chi connectivity index (χ0) is 10.8. The molecule has 5 nitrogen and oxygen atoms in total. The highest BCUT2D eigenvalue weighted by molar-refractivity contribution is 5.85. The number of aromatic nitrogens is 2. The quantitative estimate of drug-likeness (QED) is 0.806. The van der Waals surface area contributed by atoms with Crippen molar-refractivity contribution >= 4 is 5.97 Å². The maximum atomic E-state index is 10.6. The molecule has 0 unspecified atom stereocenters. The number of carboxylic acid groups (broad SMARTS) is 1. The van der Waals surface area contributed by atoms with Crippen molar-refractivity contribution in [2.45, 2.75) is 6.92 Å². The Hall–Kier alpha value is -2.17. The molecule has 0 aliphatic rings. The van der Waals surface area contributed by atoms with Gasteiger partial charge in [-0.3, -0.25) is 4.98 Å². The first-order valence-electron chi connectivity index (χ1n) is 4.28. The van der Waals surface area contributed by atoms with Crippen molar-refractivity contribution in [1.29, 1.82) is 0 Å². The van der Waals surface area contributed by atoms with Gasteiger partial charge in [-0.1, -0.05) is 0 Å². The lowest BCUT2D eigenvalue weighted by Gasteiger charge is -1.97. The van der Waals surface area contributed by atoms with Crippen LogP contribution in [0, 0.1) is 6.92 Å². The van der Waals surface area contributed by atoms with Crippen LogP contribution in [-0.4, -0.2) is 21.0 Å². The Bertz CT molecular complexity index is 505. The van der Waals surface area contributed by atoms with Gasteiger partial charge in [-0.2, -0.15) is 0 Å². The molecule has 15 heavy (non-hydrogen) atoms. The molecule has 1 N–H and O–H groups in total. The van der Waals surface area contributed by atoms with E-state index in [1.807, 2.05) is 6.92 Å². The van der Waals surface area contributed by atoms with Crippen molar-refractivity contribution in [2.75, 3.05) is 0 Å². The minimum atomic E-state index is -1.10. The maximum absolute atomic E-state index is 10.6. The number of carbonyl (C=O) groups is 1. The van der Waals surface area contributed by atoms with Crippen LogP contribution in [0.2, 0.25) is 0 Å². The number of hydrogen-bond acceptors (Lipinski definition) is 4. The number of aryl methyl sites for hydroxylation is 1. The molecule has 0 saturated heterocycles. The molecule has 0 aliphatic carbocycles. The molecule has 5 heteroatoms. The summed E-state index contributed by atoms with van der Waals surface area (Å²) >= 11 is 0. The Morgan fingerprint density at radius 3 is 2.93 bits per heavy atom. The first-order valence-corrected chi connectivity index (χ1v) is 4.28. The van der Waals surface area contributed by atoms with Crippen molar-refractivity contribution in [2.24, 2.45) is 0 Å². The Kier molecular flexibility index (Phi) is 2.21. The molecule has 2 aromatic heterocycles. The number of hydrogen-bond donors (Lipinski definition) is 1. The van der Waals surface area contributed by atoms with Gasteiger partial charge in [0.25, 0.3) is 0 Å². The summed E-state index contributed by atoms with van der Waals surface area (Å²) in [5.74, 6) is -0.802. The second-order valence-corrected chi connectivity index (χ2v) is 3.03. The fourth-order valence-electron chi connectivity index (χ4n) is 1.21. The molecule has 0 radical (unpaired) electrons. The van der Waals surface area contributed by atoms with Crippen LogP contribution in [0.3, 0.4) is 0 Å². The summed E-state index contributed by atoms with van der Waals surface area (Å²) in [5, 5.41) is 8.68. The molecule has 0 atom stereocenters. The SMILES string of the molecule is Cc1cnccc1-c1nc(C(=O)O)co1. The van der Waals surface area contributed by atoms with Crippen LogP contribution >= 0.6 is 0 Å². The molecule has 76 valence electrons. The number of pyridine rings is 1. The Labute approximate surface area is 85.4 Å². The molecular weight excluding hydrogens is 196 g/mol. The zero-order valence-corrected chi connectivity index (χ0v) is 7.97. The van der Waals surface area contributed by atoms with Crippen molar-refractivity contribution in [3.05, 3.63) is 36.0 Å². The molecular formula is C10H8N2O3. The van der Waals surface area contributed by atoms with Crippen LogP contribution in [-0.2, 0) is 0 Å². The normalized spacial score (nSPS) is 10.2. The third-order valence-corrected chi connectivity index (χ3v) is 1.97. The van der Waals surface area contributed by atoms with E-state index in [1.54, 1.807) is 18.5 Å². The Morgan fingerprint density at radius 1 is 1.53 bits per heavy atom. The van der Waals surface area contributed by atoms with Crippen LogP contribution in [0.15, 0.2) is 29.1 Å². The molecule has 2 aromatic rings. The second kappa shape index (κ2) is 3.53. The van der Waals surface area contributed by atoms with Crippen molar-refractivity contribution in [3.63, 3.8) is 0 Å². The number of oxazole rings is 1. The summed E-state index contributed by atoms with van der Waals surface area (Å²) in [6.07, 6.45) is 4.39.